The van der Waals surface area contributed by atoms with Crippen LogP contribution in [0.2, 0.25) is 0 Å². The van der Waals surface area contributed by atoms with Crippen LogP contribution >= 0.6 is 0 Å². The lowest BCUT2D eigenvalue weighted by Crippen LogP contribution is -2.21. The Morgan fingerprint density at radius 2 is 2.08 bits per heavy atom. The van der Waals surface area contributed by atoms with Crippen molar-refractivity contribution in [2.75, 3.05) is 6.54 Å². The normalized spacial score (nSPS) is 11.9. The van der Waals surface area contributed by atoms with Gasteiger partial charge < -0.3 is 10.8 Å². The van der Waals surface area contributed by atoms with Crippen LogP contribution < -0.4 is 5.73 Å². The fourth-order valence-electron chi connectivity index (χ4n) is 0.445. The van der Waals surface area contributed by atoms with E-state index in [0.717, 1.165) is 0 Å². The zero-order valence-electron chi connectivity index (χ0n) is 7.36. The van der Waals surface area contributed by atoms with Crippen LogP contribution in [0.1, 0.15) is 19.8 Å². The van der Waals surface area contributed by atoms with Crippen LogP contribution in [0.4, 0.5) is 0 Å². The van der Waals surface area contributed by atoms with E-state index in [0.29, 0.717) is 13.0 Å². The molecule has 0 aliphatic rings. The monoisotopic (exact) mass is 191 g/mol. The first-order chi connectivity index (χ1) is 6.07. The van der Waals surface area contributed by atoms with E-state index in [2.05, 4.69) is 9.78 Å². The Bertz CT molecular complexity index is 180. The van der Waals surface area contributed by atoms with Crippen LogP contribution in [-0.4, -0.2) is 29.7 Å². The first kappa shape index (κ1) is 11.9. The Morgan fingerprint density at radius 1 is 1.46 bits per heavy atom. The summed E-state index contributed by atoms with van der Waals surface area (Å²) in [7, 11) is 0. The topological polar surface area (TPSA) is 98.9 Å². The van der Waals surface area contributed by atoms with Crippen molar-refractivity contribution in [3.05, 3.63) is 0 Å². The molecule has 0 aliphatic carbocycles. The van der Waals surface area contributed by atoms with Crippen molar-refractivity contribution in [3.63, 3.8) is 0 Å². The third kappa shape index (κ3) is 6.06. The number of hydrogen-bond acceptors (Lipinski definition) is 6. The molecule has 1 atom stereocenters. The molecule has 6 nitrogen and oxygen atoms in total. The molecule has 0 aliphatic heterocycles. The highest BCUT2D eigenvalue weighted by Gasteiger charge is 2.14. The quantitative estimate of drug-likeness (QED) is 0.441. The average Bonchev–Trinajstić information content (AvgIpc) is 2.10. The van der Waals surface area contributed by atoms with E-state index in [9.17, 15) is 9.59 Å². The molecule has 0 rings (SSSR count). The fourth-order valence-corrected chi connectivity index (χ4v) is 0.445. The molecule has 0 saturated carbocycles. The minimum atomic E-state index is -1.30. The van der Waals surface area contributed by atoms with Crippen molar-refractivity contribution in [3.8, 4) is 0 Å². The van der Waals surface area contributed by atoms with E-state index in [4.69, 9.17) is 10.8 Å². The largest absolute Gasteiger partial charge is 0.383 e. The van der Waals surface area contributed by atoms with Gasteiger partial charge >= 0.3 is 11.9 Å². The summed E-state index contributed by atoms with van der Waals surface area (Å²) >= 11 is 0. The van der Waals surface area contributed by atoms with Gasteiger partial charge in [0, 0.05) is 0 Å². The maximum absolute atomic E-state index is 10.7. The molecule has 0 amide bonds. The van der Waals surface area contributed by atoms with Crippen molar-refractivity contribution in [1.82, 2.24) is 0 Å². The Labute approximate surface area is 75.5 Å². The predicted molar refractivity (Wildman–Crippen MR) is 42.2 cm³/mol. The van der Waals surface area contributed by atoms with E-state index in [-0.39, 0.29) is 6.42 Å². The maximum Gasteiger partial charge on any atom is 0.383 e. The number of nitrogens with two attached hydrogens (primary N) is 1. The molecule has 0 radical (unpaired) electrons. The van der Waals surface area contributed by atoms with Crippen LogP contribution in [-0.2, 0) is 19.4 Å². The highest BCUT2D eigenvalue weighted by Crippen LogP contribution is 1.94. The van der Waals surface area contributed by atoms with Gasteiger partial charge in [-0.3, -0.25) is 0 Å². The highest BCUT2D eigenvalue weighted by molar-refractivity contribution is 5.75. The van der Waals surface area contributed by atoms with Gasteiger partial charge in [0.05, 0.1) is 6.42 Å². The Morgan fingerprint density at radius 3 is 2.54 bits per heavy atom. The zero-order chi connectivity index (χ0) is 10.3. The highest BCUT2D eigenvalue weighted by atomic mass is 17.2. The third-order valence-electron chi connectivity index (χ3n) is 1.14. The average molecular weight is 191 g/mol. The minimum absolute atomic E-state index is 0.0869. The van der Waals surface area contributed by atoms with E-state index in [1.807, 2.05) is 0 Å². The molecule has 0 saturated heterocycles. The second-order valence-electron chi connectivity index (χ2n) is 2.43. The van der Waals surface area contributed by atoms with Gasteiger partial charge in [-0.25, -0.2) is 19.4 Å². The zero-order valence-corrected chi connectivity index (χ0v) is 7.36. The summed E-state index contributed by atoms with van der Waals surface area (Å²) in [6.45, 7) is 1.56. The molecule has 3 N–H and O–H groups in total. The molecule has 1 unspecified atom stereocenters. The van der Waals surface area contributed by atoms with E-state index < -0.39 is 18.0 Å². The van der Waals surface area contributed by atoms with E-state index in [1.165, 1.54) is 6.92 Å². The molecule has 0 aromatic heterocycles. The second kappa shape index (κ2) is 6.38. The molecule has 6 heteroatoms. The van der Waals surface area contributed by atoms with Crippen molar-refractivity contribution in [2.45, 2.75) is 25.9 Å². The first-order valence-corrected chi connectivity index (χ1v) is 3.87. The molecular weight excluding hydrogens is 178 g/mol. The minimum Gasteiger partial charge on any atom is -0.382 e. The summed E-state index contributed by atoms with van der Waals surface area (Å²) in [6.07, 6.45) is -0.753. The molecule has 0 aromatic carbocycles. The van der Waals surface area contributed by atoms with Crippen molar-refractivity contribution >= 4 is 11.9 Å². The summed E-state index contributed by atoms with van der Waals surface area (Å²) in [5.41, 5.74) is 5.13. The van der Waals surface area contributed by atoms with Crippen molar-refractivity contribution < 1.29 is 24.5 Å². The summed E-state index contributed by atoms with van der Waals surface area (Å²) in [5, 5.41) is 8.62. The molecular formula is C7H13NO5. The molecule has 0 bridgehead atoms. The molecule has 0 heterocycles. The lowest BCUT2D eigenvalue weighted by atomic mass is 10.3. The van der Waals surface area contributed by atoms with Crippen LogP contribution in [0.5, 0.6) is 0 Å². The SMILES string of the molecule is CC(O)C(=O)OOC(=O)CCCN. The molecule has 0 aromatic rings. The summed E-state index contributed by atoms with van der Waals surface area (Å²) in [6, 6.07) is 0. The molecule has 13 heavy (non-hydrogen) atoms. The number of hydrogen-bond donors (Lipinski definition) is 2. The van der Waals surface area contributed by atoms with Crippen LogP contribution in [0.3, 0.4) is 0 Å². The number of carbonyl (C=O) groups excluding carboxylic acids is 2. The van der Waals surface area contributed by atoms with Gasteiger partial charge in [-0.1, -0.05) is 0 Å². The summed E-state index contributed by atoms with van der Waals surface area (Å²) in [4.78, 5) is 29.3. The number of carbonyl (C=O) groups is 2. The van der Waals surface area contributed by atoms with Crippen LogP contribution in [0, 0.1) is 0 Å². The first-order valence-electron chi connectivity index (χ1n) is 3.87. The van der Waals surface area contributed by atoms with E-state index >= 15 is 0 Å². The van der Waals surface area contributed by atoms with Gasteiger partial charge in [-0.05, 0) is 19.9 Å². The van der Waals surface area contributed by atoms with Gasteiger partial charge in [-0.15, -0.1) is 0 Å². The maximum atomic E-state index is 10.7. The van der Waals surface area contributed by atoms with Crippen LogP contribution in [0.15, 0.2) is 0 Å². The Kier molecular flexibility index (Phi) is 5.82. The standard InChI is InChI=1S/C7H13NO5/c1-5(9)7(11)13-12-6(10)3-2-4-8/h5,9H,2-4,8H2,1H3. The number of rotatable bonds is 4. The predicted octanol–water partition coefficient (Wildman–Crippen LogP) is -0.892. The van der Waals surface area contributed by atoms with Gasteiger partial charge in [0.15, 0.2) is 6.10 Å². The molecule has 76 valence electrons. The lowest BCUT2D eigenvalue weighted by molar-refractivity contribution is -0.263. The van der Waals surface area contributed by atoms with Gasteiger partial charge in [0.2, 0.25) is 0 Å². The second-order valence-corrected chi connectivity index (χ2v) is 2.43. The fraction of sp³-hybridized carbons (Fsp3) is 0.714. The van der Waals surface area contributed by atoms with Gasteiger partial charge in [0.1, 0.15) is 0 Å². The summed E-state index contributed by atoms with van der Waals surface area (Å²) in [5.74, 6) is -1.68. The van der Waals surface area contributed by atoms with Gasteiger partial charge in [-0.2, -0.15) is 0 Å². The molecule has 0 fully saturated rings. The number of aliphatic hydroxyl groups excluding tert-OH is 1. The van der Waals surface area contributed by atoms with Crippen molar-refractivity contribution in [1.29, 1.82) is 0 Å². The lowest BCUT2D eigenvalue weighted by Gasteiger charge is -2.03. The van der Waals surface area contributed by atoms with Crippen LogP contribution in [0.25, 0.3) is 0 Å². The van der Waals surface area contributed by atoms with Crippen molar-refractivity contribution in [2.24, 2.45) is 5.73 Å². The van der Waals surface area contributed by atoms with Gasteiger partial charge in [0.25, 0.3) is 0 Å². The van der Waals surface area contributed by atoms with E-state index in [1.54, 1.807) is 0 Å². The summed E-state index contributed by atoms with van der Waals surface area (Å²) < 4.78 is 0. The third-order valence-corrected chi connectivity index (χ3v) is 1.14. The Hall–Kier alpha value is -1.14. The molecule has 0 spiro atoms. The Balaban J connectivity index is 3.52. The smallest absolute Gasteiger partial charge is 0.382 e. The number of aliphatic hydroxyl groups is 1.